The van der Waals surface area contributed by atoms with Crippen LogP contribution >= 0.6 is 35.0 Å². The van der Waals surface area contributed by atoms with Crippen LogP contribution in [-0.4, -0.2) is 26.4 Å². The van der Waals surface area contributed by atoms with Crippen LogP contribution in [0, 0.1) is 6.92 Å². The van der Waals surface area contributed by atoms with Crippen molar-refractivity contribution < 1.29 is 9.53 Å². The lowest BCUT2D eigenvalue weighted by molar-refractivity contribution is -0.113. The molecule has 152 valence electrons. The predicted octanol–water partition coefficient (Wildman–Crippen LogP) is 5.30. The number of aryl methyl sites for hydroxylation is 1. The molecule has 1 aromatic heterocycles. The van der Waals surface area contributed by atoms with Gasteiger partial charge in [-0.05, 0) is 49.7 Å². The van der Waals surface area contributed by atoms with Crippen molar-refractivity contribution >= 4 is 46.6 Å². The number of anilines is 1. The number of nitrogens with one attached hydrogen (secondary N) is 1. The van der Waals surface area contributed by atoms with Gasteiger partial charge < -0.3 is 14.6 Å². The van der Waals surface area contributed by atoms with Crippen LogP contribution in [0.1, 0.15) is 24.4 Å². The molecule has 0 bridgehead atoms. The second-order valence-corrected chi connectivity index (χ2v) is 8.22. The van der Waals surface area contributed by atoms with Crippen molar-refractivity contribution in [2.24, 2.45) is 7.05 Å². The van der Waals surface area contributed by atoms with Gasteiger partial charge in [-0.3, -0.25) is 4.79 Å². The highest BCUT2D eigenvalue weighted by molar-refractivity contribution is 7.99. The van der Waals surface area contributed by atoms with Crippen LogP contribution in [0.25, 0.3) is 0 Å². The average Bonchev–Trinajstić information content (AvgIpc) is 3.04. The van der Waals surface area contributed by atoms with Crippen molar-refractivity contribution in [3.05, 3.63) is 63.9 Å². The first-order valence-electron chi connectivity index (χ1n) is 8.84. The molecule has 6 nitrogen and oxygen atoms in total. The maximum absolute atomic E-state index is 12.3. The zero-order valence-electron chi connectivity index (χ0n) is 16.1. The molecule has 1 amide bonds. The summed E-state index contributed by atoms with van der Waals surface area (Å²) in [5.41, 5.74) is 1.60. The lowest BCUT2D eigenvalue weighted by Crippen LogP contribution is -2.15. The summed E-state index contributed by atoms with van der Waals surface area (Å²) in [6.45, 7) is 3.92. The molecular formula is C20H20Cl2N4O2S. The van der Waals surface area contributed by atoms with Gasteiger partial charge in [0.25, 0.3) is 0 Å². The van der Waals surface area contributed by atoms with Crippen LogP contribution in [0.4, 0.5) is 5.69 Å². The number of aromatic nitrogens is 3. The topological polar surface area (TPSA) is 69.0 Å². The molecule has 9 heteroatoms. The third kappa shape index (κ3) is 5.65. The first-order valence-corrected chi connectivity index (χ1v) is 10.6. The molecule has 0 aliphatic rings. The first-order chi connectivity index (χ1) is 13.8. The number of carbonyl (C=O) groups is 1. The molecule has 3 rings (SSSR count). The van der Waals surface area contributed by atoms with Gasteiger partial charge in [0.2, 0.25) is 5.91 Å². The number of rotatable bonds is 7. The highest BCUT2D eigenvalue weighted by Crippen LogP contribution is 2.27. The van der Waals surface area contributed by atoms with Crippen molar-refractivity contribution in [1.29, 1.82) is 0 Å². The maximum Gasteiger partial charge on any atom is 0.234 e. The van der Waals surface area contributed by atoms with Crippen molar-refractivity contribution in [3.8, 4) is 5.75 Å². The standard InChI is InChI=1S/C20H20Cl2N4O2S/c1-12-5-4-6-15(9-12)28-13(2)19-24-25-20(26(19)3)29-11-18(27)23-17-10-14(21)7-8-16(17)22/h4-10,13H,11H2,1-3H3,(H,23,27). The van der Waals surface area contributed by atoms with Gasteiger partial charge in [0.15, 0.2) is 17.1 Å². The van der Waals surface area contributed by atoms with E-state index in [1.807, 2.05) is 49.7 Å². The molecule has 1 unspecified atom stereocenters. The SMILES string of the molecule is Cc1cccc(OC(C)c2nnc(SCC(=O)Nc3cc(Cl)ccc3Cl)n2C)c1. The summed E-state index contributed by atoms with van der Waals surface area (Å²) in [6.07, 6.45) is -0.289. The molecule has 0 fully saturated rings. The van der Waals surface area contributed by atoms with Gasteiger partial charge in [0.05, 0.1) is 16.5 Å². The van der Waals surface area contributed by atoms with Crippen LogP contribution in [-0.2, 0) is 11.8 Å². The molecule has 1 N–H and O–H groups in total. The van der Waals surface area contributed by atoms with E-state index in [4.69, 9.17) is 27.9 Å². The Balaban J connectivity index is 1.60. The van der Waals surface area contributed by atoms with Gasteiger partial charge >= 0.3 is 0 Å². The number of benzene rings is 2. The minimum atomic E-state index is -0.289. The minimum absolute atomic E-state index is 0.155. The Morgan fingerprint density at radius 1 is 1.24 bits per heavy atom. The number of halogens is 2. The molecule has 0 aliphatic carbocycles. The van der Waals surface area contributed by atoms with E-state index in [9.17, 15) is 4.79 Å². The Morgan fingerprint density at radius 2 is 2.03 bits per heavy atom. The number of carbonyl (C=O) groups excluding carboxylic acids is 1. The monoisotopic (exact) mass is 450 g/mol. The van der Waals surface area contributed by atoms with Gasteiger partial charge in [0, 0.05) is 12.1 Å². The van der Waals surface area contributed by atoms with Crippen molar-refractivity contribution in [2.45, 2.75) is 25.1 Å². The van der Waals surface area contributed by atoms with Crippen LogP contribution in [0.15, 0.2) is 47.6 Å². The largest absolute Gasteiger partial charge is 0.483 e. The van der Waals surface area contributed by atoms with E-state index in [1.54, 1.807) is 18.2 Å². The van der Waals surface area contributed by atoms with Crippen LogP contribution in [0.5, 0.6) is 5.75 Å². The number of nitrogens with zero attached hydrogens (tertiary/aromatic N) is 3. The summed E-state index contributed by atoms with van der Waals surface area (Å²) in [5, 5.41) is 12.7. The lowest BCUT2D eigenvalue weighted by atomic mass is 10.2. The maximum atomic E-state index is 12.3. The van der Waals surface area contributed by atoms with E-state index in [0.29, 0.717) is 26.7 Å². The summed E-state index contributed by atoms with van der Waals surface area (Å²) in [7, 11) is 1.85. The summed E-state index contributed by atoms with van der Waals surface area (Å²) < 4.78 is 7.79. The molecule has 0 aliphatic heterocycles. The Morgan fingerprint density at radius 3 is 2.79 bits per heavy atom. The molecular weight excluding hydrogens is 431 g/mol. The second kappa shape index (κ2) is 9.52. The Bertz CT molecular complexity index is 1030. The Kier molecular flexibility index (Phi) is 7.05. The van der Waals surface area contributed by atoms with Crippen molar-refractivity contribution in [3.63, 3.8) is 0 Å². The summed E-state index contributed by atoms with van der Waals surface area (Å²) >= 11 is 13.3. The first kappa shape index (κ1) is 21.5. The highest BCUT2D eigenvalue weighted by atomic mass is 35.5. The molecule has 2 aromatic carbocycles. The molecule has 29 heavy (non-hydrogen) atoms. The fourth-order valence-corrected chi connectivity index (χ4v) is 3.72. The van der Waals surface area contributed by atoms with Gasteiger partial charge in [-0.1, -0.05) is 47.1 Å². The van der Waals surface area contributed by atoms with E-state index < -0.39 is 0 Å². The Labute approximate surface area is 183 Å². The van der Waals surface area contributed by atoms with Gasteiger partial charge in [-0.2, -0.15) is 0 Å². The predicted molar refractivity (Wildman–Crippen MR) is 117 cm³/mol. The lowest BCUT2D eigenvalue weighted by Gasteiger charge is -2.14. The normalized spacial score (nSPS) is 11.9. The van der Waals surface area contributed by atoms with Gasteiger partial charge in [-0.15, -0.1) is 10.2 Å². The third-order valence-electron chi connectivity index (χ3n) is 4.07. The zero-order chi connectivity index (χ0) is 21.0. The summed E-state index contributed by atoms with van der Waals surface area (Å²) in [6, 6.07) is 12.7. The third-order valence-corrected chi connectivity index (χ3v) is 5.65. The van der Waals surface area contributed by atoms with Crippen molar-refractivity contribution in [2.75, 3.05) is 11.1 Å². The van der Waals surface area contributed by atoms with Gasteiger partial charge in [0.1, 0.15) is 5.75 Å². The minimum Gasteiger partial charge on any atom is -0.483 e. The molecule has 1 heterocycles. The molecule has 0 spiro atoms. The number of hydrogen-bond acceptors (Lipinski definition) is 5. The number of thioether (sulfide) groups is 1. The second-order valence-electron chi connectivity index (χ2n) is 6.44. The molecule has 0 saturated carbocycles. The molecule has 0 radical (unpaired) electrons. The summed E-state index contributed by atoms with van der Waals surface area (Å²) in [5.74, 6) is 1.38. The highest BCUT2D eigenvalue weighted by Gasteiger charge is 2.18. The van der Waals surface area contributed by atoms with Crippen LogP contribution < -0.4 is 10.1 Å². The van der Waals surface area contributed by atoms with Crippen LogP contribution in [0.2, 0.25) is 10.0 Å². The quantitative estimate of drug-likeness (QED) is 0.494. The number of ether oxygens (including phenoxy) is 1. The van der Waals surface area contributed by atoms with E-state index in [0.717, 1.165) is 11.3 Å². The average molecular weight is 451 g/mol. The van der Waals surface area contributed by atoms with E-state index in [-0.39, 0.29) is 17.8 Å². The van der Waals surface area contributed by atoms with Crippen molar-refractivity contribution in [1.82, 2.24) is 14.8 Å². The van der Waals surface area contributed by atoms with E-state index >= 15 is 0 Å². The fourth-order valence-electron chi connectivity index (χ4n) is 2.66. The molecule has 3 aromatic rings. The number of hydrogen-bond donors (Lipinski definition) is 1. The number of amides is 1. The summed E-state index contributed by atoms with van der Waals surface area (Å²) in [4.78, 5) is 12.3. The van der Waals surface area contributed by atoms with Crippen LogP contribution in [0.3, 0.4) is 0 Å². The molecule has 0 saturated heterocycles. The van der Waals surface area contributed by atoms with E-state index in [1.165, 1.54) is 11.8 Å². The van der Waals surface area contributed by atoms with E-state index in [2.05, 4.69) is 15.5 Å². The molecule has 1 atom stereocenters. The fraction of sp³-hybridized carbons (Fsp3) is 0.250. The zero-order valence-corrected chi connectivity index (χ0v) is 18.5. The smallest absolute Gasteiger partial charge is 0.234 e. The van der Waals surface area contributed by atoms with Gasteiger partial charge in [-0.25, -0.2) is 0 Å². The Hall–Kier alpha value is -2.22.